The molecule has 3 nitrogen and oxygen atoms in total. The summed E-state index contributed by atoms with van der Waals surface area (Å²) in [7, 11) is 0. The predicted molar refractivity (Wildman–Crippen MR) is 66.8 cm³/mol. The second kappa shape index (κ2) is 4.49. The number of piperidine rings is 1. The SMILES string of the molecule is O=C1NCCCC1NC1Cc2ccccc2C1. The van der Waals surface area contributed by atoms with Crippen LogP contribution in [0.5, 0.6) is 0 Å². The van der Waals surface area contributed by atoms with Crippen LogP contribution in [0.3, 0.4) is 0 Å². The smallest absolute Gasteiger partial charge is 0.237 e. The Balaban J connectivity index is 1.63. The molecule has 1 aromatic carbocycles. The van der Waals surface area contributed by atoms with Crippen LogP contribution >= 0.6 is 0 Å². The first kappa shape index (κ1) is 10.8. The van der Waals surface area contributed by atoms with E-state index >= 15 is 0 Å². The lowest BCUT2D eigenvalue weighted by atomic mass is 10.0. The molecule has 3 rings (SSSR count). The summed E-state index contributed by atoms with van der Waals surface area (Å²) in [5, 5.41) is 6.43. The number of nitrogens with one attached hydrogen (secondary N) is 2. The van der Waals surface area contributed by atoms with Crippen LogP contribution in [0.15, 0.2) is 24.3 Å². The molecule has 1 aliphatic heterocycles. The Morgan fingerprint density at radius 2 is 1.88 bits per heavy atom. The van der Waals surface area contributed by atoms with Crippen molar-refractivity contribution in [2.45, 2.75) is 37.8 Å². The van der Waals surface area contributed by atoms with Gasteiger partial charge in [0.15, 0.2) is 0 Å². The highest BCUT2D eigenvalue weighted by molar-refractivity contribution is 5.82. The fourth-order valence-electron chi connectivity index (χ4n) is 2.89. The van der Waals surface area contributed by atoms with Crippen molar-refractivity contribution in [2.75, 3.05) is 6.54 Å². The molecule has 0 spiro atoms. The van der Waals surface area contributed by atoms with Gasteiger partial charge in [0.05, 0.1) is 6.04 Å². The van der Waals surface area contributed by atoms with E-state index in [2.05, 4.69) is 34.9 Å². The largest absolute Gasteiger partial charge is 0.355 e. The van der Waals surface area contributed by atoms with Gasteiger partial charge in [-0.25, -0.2) is 0 Å². The number of hydrogen-bond donors (Lipinski definition) is 2. The number of rotatable bonds is 2. The summed E-state index contributed by atoms with van der Waals surface area (Å²) < 4.78 is 0. The van der Waals surface area contributed by atoms with Crippen LogP contribution in [0, 0.1) is 0 Å². The molecule has 1 aromatic rings. The van der Waals surface area contributed by atoms with Crippen molar-refractivity contribution in [3.63, 3.8) is 0 Å². The third-order valence-electron chi connectivity index (χ3n) is 3.77. The zero-order valence-corrected chi connectivity index (χ0v) is 9.91. The van der Waals surface area contributed by atoms with Crippen molar-refractivity contribution in [3.8, 4) is 0 Å². The second-order valence-corrected chi connectivity index (χ2v) is 5.03. The van der Waals surface area contributed by atoms with Gasteiger partial charge in [-0.1, -0.05) is 24.3 Å². The molecule has 2 N–H and O–H groups in total. The lowest BCUT2D eigenvalue weighted by Crippen LogP contribution is -2.51. The summed E-state index contributed by atoms with van der Waals surface area (Å²) in [4.78, 5) is 11.7. The molecule has 1 saturated heterocycles. The van der Waals surface area contributed by atoms with Gasteiger partial charge in [0, 0.05) is 12.6 Å². The summed E-state index contributed by atoms with van der Waals surface area (Å²) in [6.07, 6.45) is 4.17. The molecule has 0 aromatic heterocycles. The number of hydrogen-bond acceptors (Lipinski definition) is 2. The Bertz CT molecular complexity index is 405. The molecule has 0 radical (unpaired) electrons. The summed E-state index contributed by atoms with van der Waals surface area (Å²) in [5.74, 6) is 0.173. The van der Waals surface area contributed by atoms with E-state index in [-0.39, 0.29) is 11.9 Å². The van der Waals surface area contributed by atoms with Crippen LogP contribution in [0.1, 0.15) is 24.0 Å². The average Bonchev–Trinajstić information content (AvgIpc) is 2.74. The minimum absolute atomic E-state index is 0.0167. The zero-order chi connectivity index (χ0) is 11.7. The van der Waals surface area contributed by atoms with Gasteiger partial charge in [-0.2, -0.15) is 0 Å². The van der Waals surface area contributed by atoms with Crippen molar-refractivity contribution >= 4 is 5.91 Å². The van der Waals surface area contributed by atoms with Crippen molar-refractivity contribution in [2.24, 2.45) is 0 Å². The highest BCUT2D eigenvalue weighted by Crippen LogP contribution is 2.22. The lowest BCUT2D eigenvalue weighted by Gasteiger charge is -2.25. The fraction of sp³-hybridized carbons (Fsp3) is 0.500. The first-order chi connectivity index (χ1) is 8.33. The van der Waals surface area contributed by atoms with E-state index in [0.717, 1.165) is 32.2 Å². The number of amides is 1. The van der Waals surface area contributed by atoms with Gasteiger partial charge in [-0.3, -0.25) is 4.79 Å². The van der Waals surface area contributed by atoms with Crippen LogP contribution in [0.2, 0.25) is 0 Å². The molecule has 1 fully saturated rings. The molecular weight excluding hydrogens is 212 g/mol. The topological polar surface area (TPSA) is 41.1 Å². The Morgan fingerprint density at radius 1 is 1.18 bits per heavy atom. The fourth-order valence-corrected chi connectivity index (χ4v) is 2.89. The summed E-state index contributed by atoms with van der Waals surface area (Å²) >= 11 is 0. The second-order valence-electron chi connectivity index (χ2n) is 5.03. The number of benzene rings is 1. The van der Waals surface area contributed by atoms with Crippen molar-refractivity contribution in [3.05, 3.63) is 35.4 Å². The van der Waals surface area contributed by atoms with Crippen LogP contribution in [-0.2, 0) is 17.6 Å². The van der Waals surface area contributed by atoms with E-state index in [4.69, 9.17) is 0 Å². The van der Waals surface area contributed by atoms with Gasteiger partial charge >= 0.3 is 0 Å². The van der Waals surface area contributed by atoms with E-state index < -0.39 is 0 Å². The van der Waals surface area contributed by atoms with Crippen LogP contribution in [0.25, 0.3) is 0 Å². The molecule has 0 bridgehead atoms. The van der Waals surface area contributed by atoms with Gasteiger partial charge in [0.2, 0.25) is 5.91 Å². The molecule has 1 unspecified atom stereocenters. The Kier molecular flexibility index (Phi) is 2.85. The number of carbonyl (C=O) groups excluding carboxylic acids is 1. The summed E-state index contributed by atoms with van der Waals surface area (Å²) in [6.45, 7) is 0.835. The van der Waals surface area contributed by atoms with E-state index in [1.54, 1.807) is 0 Å². The summed E-state index contributed by atoms with van der Waals surface area (Å²) in [5.41, 5.74) is 2.86. The minimum Gasteiger partial charge on any atom is -0.355 e. The maximum atomic E-state index is 11.7. The molecule has 90 valence electrons. The van der Waals surface area contributed by atoms with Gasteiger partial charge in [0.25, 0.3) is 0 Å². The van der Waals surface area contributed by atoms with Crippen LogP contribution < -0.4 is 10.6 Å². The van der Waals surface area contributed by atoms with Gasteiger partial charge in [-0.15, -0.1) is 0 Å². The molecule has 0 saturated carbocycles. The van der Waals surface area contributed by atoms with Gasteiger partial charge in [-0.05, 0) is 36.8 Å². The van der Waals surface area contributed by atoms with Crippen molar-refractivity contribution in [1.82, 2.24) is 10.6 Å². The molecule has 3 heteroatoms. The molecule has 1 aliphatic carbocycles. The van der Waals surface area contributed by atoms with E-state index in [1.165, 1.54) is 11.1 Å². The van der Waals surface area contributed by atoms with E-state index in [9.17, 15) is 4.79 Å². The minimum atomic E-state index is 0.0167. The normalized spacial score (nSPS) is 24.5. The Labute approximate surface area is 102 Å². The first-order valence-corrected chi connectivity index (χ1v) is 6.43. The van der Waals surface area contributed by atoms with E-state index in [1.807, 2.05) is 0 Å². The van der Waals surface area contributed by atoms with Crippen molar-refractivity contribution in [1.29, 1.82) is 0 Å². The highest BCUT2D eigenvalue weighted by atomic mass is 16.2. The Morgan fingerprint density at radius 3 is 2.53 bits per heavy atom. The molecule has 1 heterocycles. The molecule has 1 atom stereocenters. The Hall–Kier alpha value is -1.35. The number of carbonyl (C=O) groups is 1. The molecule has 1 amide bonds. The summed E-state index contributed by atoms with van der Waals surface area (Å²) in [6, 6.07) is 9.02. The van der Waals surface area contributed by atoms with Gasteiger partial charge in [0.1, 0.15) is 0 Å². The highest BCUT2D eigenvalue weighted by Gasteiger charge is 2.27. The molecular formula is C14H18N2O. The monoisotopic (exact) mass is 230 g/mol. The third kappa shape index (κ3) is 2.20. The number of fused-ring (bicyclic) bond motifs is 1. The molecule has 17 heavy (non-hydrogen) atoms. The zero-order valence-electron chi connectivity index (χ0n) is 9.91. The maximum Gasteiger partial charge on any atom is 0.237 e. The molecule has 2 aliphatic rings. The first-order valence-electron chi connectivity index (χ1n) is 6.43. The van der Waals surface area contributed by atoms with E-state index in [0.29, 0.717) is 6.04 Å². The van der Waals surface area contributed by atoms with Crippen LogP contribution in [-0.4, -0.2) is 24.5 Å². The standard InChI is InChI=1S/C14H18N2O/c17-14-13(6-3-7-15-14)16-12-8-10-4-1-2-5-11(10)9-12/h1-2,4-5,12-13,16H,3,6-9H2,(H,15,17). The average molecular weight is 230 g/mol. The van der Waals surface area contributed by atoms with Crippen LogP contribution in [0.4, 0.5) is 0 Å². The van der Waals surface area contributed by atoms with Crippen molar-refractivity contribution < 1.29 is 4.79 Å². The predicted octanol–water partition coefficient (Wildman–Crippen LogP) is 1.02. The quantitative estimate of drug-likeness (QED) is 0.796. The third-order valence-corrected chi connectivity index (χ3v) is 3.77. The maximum absolute atomic E-state index is 11.7. The lowest BCUT2D eigenvalue weighted by molar-refractivity contribution is -0.124. The van der Waals surface area contributed by atoms with Gasteiger partial charge < -0.3 is 10.6 Å².